The minimum Gasteiger partial charge on any atom is -0.467 e. The molecular weight excluding hydrogens is 344 g/mol. The van der Waals surface area contributed by atoms with Crippen LogP contribution >= 0.6 is 11.6 Å². The summed E-state index contributed by atoms with van der Waals surface area (Å²) in [7, 11) is 0. The maximum absolute atomic E-state index is 13.0. The molecule has 0 atom stereocenters. The van der Waals surface area contributed by atoms with Crippen molar-refractivity contribution in [3.8, 4) is 0 Å². The molecule has 0 spiro atoms. The summed E-state index contributed by atoms with van der Waals surface area (Å²) in [5.41, 5.74) is 0.323. The quantitative estimate of drug-likeness (QED) is 0.491. The Morgan fingerprint density at radius 2 is 1.80 bits per heavy atom. The fraction of sp³-hybridized carbons (Fsp3) is 0.0556. The van der Waals surface area contributed by atoms with Gasteiger partial charge in [-0.3, -0.25) is 14.9 Å². The standard InChI is InChI=1S/C18H13ClN2O4/c19-13-7-9-14(10-8-13)20(12-15-4-3-11-25-15)18(22)16-5-1-2-6-17(16)21(23)24/h1-11H,12H2. The van der Waals surface area contributed by atoms with Crippen LogP contribution in [0, 0.1) is 10.1 Å². The first-order chi connectivity index (χ1) is 12.1. The number of carbonyl (C=O) groups is 1. The minimum absolute atomic E-state index is 0.00834. The zero-order chi connectivity index (χ0) is 17.8. The van der Waals surface area contributed by atoms with Crippen LogP contribution in [0.2, 0.25) is 5.02 Å². The Labute approximate surface area is 148 Å². The van der Waals surface area contributed by atoms with E-state index in [1.807, 2.05) is 0 Å². The summed E-state index contributed by atoms with van der Waals surface area (Å²) in [4.78, 5) is 25.1. The van der Waals surface area contributed by atoms with Crippen molar-refractivity contribution < 1.29 is 14.1 Å². The Bertz CT molecular complexity index is 892. The SMILES string of the molecule is O=C(c1ccccc1[N+](=O)[O-])N(Cc1ccco1)c1ccc(Cl)cc1. The van der Waals surface area contributed by atoms with Gasteiger partial charge in [0.25, 0.3) is 11.6 Å². The van der Waals surface area contributed by atoms with Gasteiger partial charge in [0, 0.05) is 16.8 Å². The third-order valence-corrected chi connectivity index (χ3v) is 3.86. The van der Waals surface area contributed by atoms with E-state index in [1.165, 1.54) is 29.4 Å². The molecule has 1 amide bonds. The molecule has 1 aromatic heterocycles. The Morgan fingerprint density at radius 3 is 2.44 bits per heavy atom. The maximum atomic E-state index is 13.0. The van der Waals surface area contributed by atoms with Gasteiger partial charge in [-0.2, -0.15) is 0 Å². The zero-order valence-corrected chi connectivity index (χ0v) is 13.7. The second kappa shape index (κ2) is 7.19. The number of benzene rings is 2. The number of hydrogen-bond acceptors (Lipinski definition) is 4. The second-order valence-electron chi connectivity index (χ2n) is 5.22. The average Bonchev–Trinajstić information content (AvgIpc) is 3.13. The molecule has 7 heteroatoms. The first kappa shape index (κ1) is 16.7. The van der Waals surface area contributed by atoms with E-state index in [4.69, 9.17) is 16.0 Å². The van der Waals surface area contributed by atoms with Gasteiger partial charge in [0.2, 0.25) is 0 Å². The van der Waals surface area contributed by atoms with E-state index in [-0.39, 0.29) is 17.8 Å². The van der Waals surface area contributed by atoms with Gasteiger partial charge in [-0.25, -0.2) is 0 Å². The molecule has 3 rings (SSSR count). The molecule has 0 aliphatic heterocycles. The minimum atomic E-state index is -0.569. The summed E-state index contributed by atoms with van der Waals surface area (Å²) < 4.78 is 5.32. The van der Waals surface area contributed by atoms with E-state index < -0.39 is 10.8 Å². The molecule has 2 aromatic carbocycles. The summed E-state index contributed by atoms with van der Waals surface area (Å²) in [5.74, 6) is 0.0629. The Balaban J connectivity index is 2.03. The number of hydrogen-bond donors (Lipinski definition) is 0. The highest BCUT2D eigenvalue weighted by Gasteiger charge is 2.26. The van der Waals surface area contributed by atoms with Crippen LogP contribution in [-0.2, 0) is 6.54 Å². The monoisotopic (exact) mass is 356 g/mol. The molecule has 0 aliphatic rings. The number of halogens is 1. The van der Waals surface area contributed by atoms with Crippen LogP contribution in [0.5, 0.6) is 0 Å². The van der Waals surface area contributed by atoms with Gasteiger partial charge in [0.05, 0.1) is 17.7 Å². The molecule has 0 fully saturated rings. The van der Waals surface area contributed by atoms with Crippen molar-refractivity contribution in [2.45, 2.75) is 6.54 Å². The lowest BCUT2D eigenvalue weighted by Crippen LogP contribution is -2.30. The first-order valence-electron chi connectivity index (χ1n) is 7.39. The van der Waals surface area contributed by atoms with E-state index in [0.717, 1.165) is 0 Å². The highest BCUT2D eigenvalue weighted by atomic mass is 35.5. The van der Waals surface area contributed by atoms with Gasteiger partial charge in [0.1, 0.15) is 11.3 Å². The van der Waals surface area contributed by atoms with E-state index in [2.05, 4.69) is 0 Å². The molecule has 3 aromatic rings. The number of furan rings is 1. The summed E-state index contributed by atoms with van der Waals surface area (Å²) >= 11 is 5.91. The number of rotatable bonds is 5. The van der Waals surface area contributed by atoms with Crippen molar-refractivity contribution in [2.75, 3.05) is 4.90 Å². The molecule has 0 N–H and O–H groups in total. The van der Waals surface area contributed by atoms with E-state index in [1.54, 1.807) is 42.5 Å². The smallest absolute Gasteiger partial charge is 0.282 e. The molecule has 0 saturated heterocycles. The van der Waals surface area contributed by atoms with Gasteiger partial charge in [-0.1, -0.05) is 23.7 Å². The number of para-hydroxylation sites is 1. The molecule has 126 valence electrons. The number of amides is 1. The van der Waals surface area contributed by atoms with Gasteiger partial charge in [0.15, 0.2) is 0 Å². The fourth-order valence-corrected chi connectivity index (χ4v) is 2.54. The fourth-order valence-electron chi connectivity index (χ4n) is 2.42. The van der Waals surface area contributed by atoms with Gasteiger partial charge < -0.3 is 9.32 Å². The lowest BCUT2D eigenvalue weighted by atomic mass is 10.1. The van der Waals surface area contributed by atoms with Crippen molar-refractivity contribution >= 4 is 28.9 Å². The van der Waals surface area contributed by atoms with Gasteiger partial charge >= 0.3 is 0 Å². The van der Waals surface area contributed by atoms with Crippen molar-refractivity contribution in [3.63, 3.8) is 0 Å². The molecule has 0 aliphatic carbocycles. The molecule has 0 radical (unpaired) electrons. The average molecular weight is 357 g/mol. The second-order valence-corrected chi connectivity index (χ2v) is 5.66. The summed E-state index contributed by atoms with van der Waals surface area (Å²) in [6.45, 7) is 0.138. The van der Waals surface area contributed by atoms with Crippen LogP contribution in [0.25, 0.3) is 0 Å². The number of carbonyl (C=O) groups excluding carboxylic acids is 1. The Hall–Kier alpha value is -3.12. The summed E-state index contributed by atoms with van der Waals surface area (Å²) in [5, 5.41) is 11.8. The van der Waals surface area contributed by atoms with Crippen LogP contribution in [0.1, 0.15) is 16.1 Å². The van der Waals surface area contributed by atoms with Crippen LogP contribution in [-0.4, -0.2) is 10.8 Å². The summed E-state index contributed by atoms with van der Waals surface area (Å²) in [6.07, 6.45) is 1.50. The summed E-state index contributed by atoms with van der Waals surface area (Å²) in [6, 6.07) is 16.0. The van der Waals surface area contributed by atoms with Crippen molar-refractivity contribution in [3.05, 3.63) is 93.4 Å². The Morgan fingerprint density at radius 1 is 1.08 bits per heavy atom. The normalized spacial score (nSPS) is 10.4. The molecule has 25 heavy (non-hydrogen) atoms. The predicted molar refractivity (Wildman–Crippen MR) is 93.8 cm³/mol. The van der Waals surface area contributed by atoms with Gasteiger partial charge in [-0.15, -0.1) is 0 Å². The third-order valence-electron chi connectivity index (χ3n) is 3.61. The molecular formula is C18H13ClN2O4. The van der Waals surface area contributed by atoms with Gasteiger partial charge in [-0.05, 0) is 42.5 Å². The third kappa shape index (κ3) is 3.70. The number of nitro benzene ring substituents is 1. The zero-order valence-electron chi connectivity index (χ0n) is 13.0. The molecule has 1 heterocycles. The highest BCUT2D eigenvalue weighted by Crippen LogP contribution is 2.26. The highest BCUT2D eigenvalue weighted by molar-refractivity contribution is 6.30. The van der Waals surface area contributed by atoms with E-state index >= 15 is 0 Å². The predicted octanol–water partition coefficient (Wildman–Crippen LogP) is 4.69. The first-order valence-corrected chi connectivity index (χ1v) is 7.77. The van der Waals surface area contributed by atoms with Crippen LogP contribution in [0.3, 0.4) is 0 Å². The van der Waals surface area contributed by atoms with Crippen LogP contribution < -0.4 is 4.90 Å². The van der Waals surface area contributed by atoms with E-state index in [0.29, 0.717) is 16.5 Å². The number of nitrogens with zero attached hydrogens (tertiary/aromatic N) is 2. The Kier molecular flexibility index (Phi) is 4.81. The maximum Gasteiger partial charge on any atom is 0.282 e. The number of anilines is 1. The lowest BCUT2D eigenvalue weighted by molar-refractivity contribution is -0.385. The van der Waals surface area contributed by atoms with Crippen LogP contribution in [0.4, 0.5) is 11.4 Å². The molecule has 0 bridgehead atoms. The number of nitro groups is 1. The van der Waals surface area contributed by atoms with Crippen molar-refractivity contribution in [1.82, 2.24) is 0 Å². The molecule has 6 nitrogen and oxygen atoms in total. The van der Waals surface area contributed by atoms with Crippen LogP contribution in [0.15, 0.2) is 71.3 Å². The largest absolute Gasteiger partial charge is 0.467 e. The topological polar surface area (TPSA) is 76.6 Å². The molecule has 0 unspecified atom stereocenters. The van der Waals surface area contributed by atoms with Crippen molar-refractivity contribution in [1.29, 1.82) is 0 Å². The molecule has 0 saturated carbocycles. The lowest BCUT2D eigenvalue weighted by Gasteiger charge is -2.22. The van der Waals surface area contributed by atoms with Crippen molar-refractivity contribution in [2.24, 2.45) is 0 Å². The van der Waals surface area contributed by atoms with E-state index in [9.17, 15) is 14.9 Å².